The number of pyridine rings is 2. The first-order valence-electron chi connectivity index (χ1n) is 8.12. The standard InChI is InChI=1S/C19H18N4O/c24-19(17-7-3-4-9-20-17)23-13-11-22(12-14-23)18-16-6-2-1-5-15(16)8-10-21-18/h1-10H,11-14H2. The summed E-state index contributed by atoms with van der Waals surface area (Å²) in [7, 11) is 0. The lowest BCUT2D eigenvalue weighted by atomic mass is 10.1. The smallest absolute Gasteiger partial charge is 0.272 e. The molecule has 3 aromatic rings. The maximum atomic E-state index is 12.5. The van der Waals surface area contributed by atoms with Crippen molar-refractivity contribution in [3.63, 3.8) is 0 Å². The predicted octanol–water partition coefficient (Wildman–Crippen LogP) is 2.59. The molecule has 1 aliphatic heterocycles. The number of anilines is 1. The van der Waals surface area contributed by atoms with Crippen molar-refractivity contribution in [1.82, 2.24) is 14.9 Å². The normalized spacial score (nSPS) is 14.8. The summed E-state index contributed by atoms with van der Waals surface area (Å²) in [6.07, 6.45) is 3.51. The number of nitrogens with zero attached hydrogens (tertiary/aromatic N) is 4. The molecule has 0 aliphatic carbocycles. The second-order valence-electron chi connectivity index (χ2n) is 5.85. The molecule has 24 heavy (non-hydrogen) atoms. The van der Waals surface area contributed by atoms with Gasteiger partial charge in [0.25, 0.3) is 5.91 Å². The lowest BCUT2D eigenvalue weighted by Crippen LogP contribution is -2.49. The Hall–Kier alpha value is -2.95. The summed E-state index contributed by atoms with van der Waals surface area (Å²) < 4.78 is 0. The third-order valence-corrected chi connectivity index (χ3v) is 4.40. The molecule has 1 aliphatic rings. The Labute approximate surface area is 140 Å². The van der Waals surface area contributed by atoms with Crippen molar-refractivity contribution < 1.29 is 4.79 Å². The van der Waals surface area contributed by atoms with Gasteiger partial charge in [0, 0.05) is 44.0 Å². The summed E-state index contributed by atoms with van der Waals surface area (Å²) >= 11 is 0. The molecular weight excluding hydrogens is 300 g/mol. The Morgan fingerprint density at radius 3 is 2.42 bits per heavy atom. The zero-order valence-electron chi connectivity index (χ0n) is 13.3. The maximum Gasteiger partial charge on any atom is 0.272 e. The molecule has 1 aromatic carbocycles. The van der Waals surface area contributed by atoms with Crippen LogP contribution in [0.2, 0.25) is 0 Å². The van der Waals surface area contributed by atoms with E-state index in [4.69, 9.17) is 0 Å². The minimum Gasteiger partial charge on any atom is -0.353 e. The van der Waals surface area contributed by atoms with Crippen molar-refractivity contribution in [2.75, 3.05) is 31.1 Å². The third kappa shape index (κ3) is 2.69. The quantitative estimate of drug-likeness (QED) is 0.729. The molecule has 120 valence electrons. The molecule has 0 bridgehead atoms. The van der Waals surface area contributed by atoms with Gasteiger partial charge in [0.05, 0.1) is 0 Å². The van der Waals surface area contributed by atoms with E-state index in [0.717, 1.165) is 24.3 Å². The Morgan fingerprint density at radius 1 is 0.833 bits per heavy atom. The van der Waals surface area contributed by atoms with Crippen LogP contribution in [0.15, 0.2) is 60.9 Å². The molecule has 3 heterocycles. The summed E-state index contributed by atoms with van der Waals surface area (Å²) in [5.41, 5.74) is 0.509. The molecule has 0 unspecified atom stereocenters. The summed E-state index contributed by atoms with van der Waals surface area (Å²) in [4.78, 5) is 25.3. The monoisotopic (exact) mass is 318 g/mol. The molecule has 0 saturated carbocycles. The Balaban J connectivity index is 1.51. The van der Waals surface area contributed by atoms with E-state index in [9.17, 15) is 4.79 Å². The summed E-state index contributed by atoms with van der Waals surface area (Å²) in [5, 5.41) is 2.35. The molecule has 2 aromatic heterocycles. The zero-order valence-corrected chi connectivity index (χ0v) is 13.3. The molecular formula is C19H18N4O. The Bertz CT molecular complexity index is 852. The van der Waals surface area contributed by atoms with Gasteiger partial charge in [-0.3, -0.25) is 9.78 Å². The number of carbonyl (C=O) groups is 1. The highest BCUT2D eigenvalue weighted by atomic mass is 16.2. The first-order valence-corrected chi connectivity index (χ1v) is 8.12. The van der Waals surface area contributed by atoms with Gasteiger partial charge >= 0.3 is 0 Å². The Kier molecular flexibility index (Phi) is 3.83. The van der Waals surface area contributed by atoms with Crippen LogP contribution in [0.3, 0.4) is 0 Å². The predicted molar refractivity (Wildman–Crippen MR) is 94.1 cm³/mol. The Morgan fingerprint density at radius 2 is 1.62 bits per heavy atom. The van der Waals surface area contributed by atoms with E-state index in [1.807, 2.05) is 41.4 Å². The van der Waals surface area contributed by atoms with Crippen molar-refractivity contribution in [2.45, 2.75) is 0 Å². The largest absolute Gasteiger partial charge is 0.353 e. The summed E-state index contributed by atoms with van der Waals surface area (Å²) in [6.45, 7) is 2.92. The molecule has 5 heteroatoms. The van der Waals surface area contributed by atoms with E-state index in [1.165, 1.54) is 5.39 Å². The second-order valence-corrected chi connectivity index (χ2v) is 5.85. The molecule has 1 amide bonds. The number of hydrogen-bond acceptors (Lipinski definition) is 4. The van der Waals surface area contributed by atoms with E-state index in [0.29, 0.717) is 18.8 Å². The zero-order chi connectivity index (χ0) is 16.4. The molecule has 0 N–H and O–H groups in total. The number of fused-ring (bicyclic) bond motifs is 1. The molecule has 0 radical (unpaired) electrons. The fourth-order valence-corrected chi connectivity index (χ4v) is 3.13. The number of carbonyl (C=O) groups excluding carboxylic acids is 1. The van der Waals surface area contributed by atoms with Crippen LogP contribution >= 0.6 is 0 Å². The van der Waals surface area contributed by atoms with Gasteiger partial charge in [-0.15, -0.1) is 0 Å². The topological polar surface area (TPSA) is 49.3 Å². The number of piperazine rings is 1. The average molecular weight is 318 g/mol. The lowest BCUT2D eigenvalue weighted by molar-refractivity contribution is 0.0740. The number of amides is 1. The highest BCUT2D eigenvalue weighted by Gasteiger charge is 2.24. The van der Waals surface area contributed by atoms with Gasteiger partial charge in [0.15, 0.2) is 0 Å². The van der Waals surface area contributed by atoms with Crippen molar-refractivity contribution in [3.8, 4) is 0 Å². The highest BCUT2D eigenvalue weighted by molar-refractivity contribution is 5.93. The van der Waals surface area contributed by atoms with Gasteiger partial charge in [-0.25, -0.2) is 4.98 Å². The maximum absolute atomic E-state index is 12.5. The number of hydrogen-bond donors (Lipinski definition) is 0. The fraction of sp³-hybridized carbons (Fsp3) is 0.211. The van der Waals surface area contributed by atoms with Crippen molar-refractivity contribution in [1.29, 1.82) is 0 Å². The minimum atomic E-state index is 0.00105. The summed E-state index contributed by atoms with van der Waals surface area (Å²) in [6, 6.07) is 15.7. The van der Waals surface area contributed by atoms with Gasteiger partial charge in [0.2, 0.25) is 0 Å². The van der Waals surface area contributed by atoms with Crippen LogP contribution in [0.25, 0.3) is 10.8 Å². The van der Waals surface area contributed by atoms with Crippen LogP contribution in [0, 0.1) is 0 Å². The van der Waals surface area contributed by atoms with Crippen LogP contribution in [0.4, 0.5) is 5.82 Å². The van der Waals surface area contributed by atoms with Crippen LogP contribution in [0.1, 0.15) is 10.5 Å². The van der Waals surface area contributed by atoms with E-state index in [-0.39, 0.29) is 5.91 Å². The molecule has 5 nitrogen and oxygen atoms in total. The lowest BCUT2D eigenvalue weighted by Gasteiger charge is -2.35. The van der Waals surface area contributed by atoms with Crippen molar-refractivity contribution in [2.24, 2.45) is 0 Å². The van der Waals surface area contributed by atoms with Gasteiger partial charge in [-0.05, 0) is 23.6 Å². The third-order valence-electron chi connectivity index (χ3n) is 4.40. The highest BCUT2D eigenvalue weighted by Crippen LogP contribution is 2.25. The van der Waals surface area contributed by atoms with E-state index >= 15 is 0 Å². The molecule has 1 saturated heterocycles. The van der Waals surface area contributed by atoms with Crippen LogP contribution < -0.4 is 4.90 Å². The summed E-state index contributed by atoms with van der Waals surface area (Å²) in [5.74, 6) is 0.999. The van der Waals surface area contributed by atoms with E-state index in [2.05, 4.69) is 27.0 Å². The molecule has 0 atom stereocenters. The number of benzene rings is 1. The van der Waals surface area contributed by atoms with Crippen molar-refractivity contribution in [3.05, 3.63) is 66.6 Å². The number of aromatic nitrogens is 2. The van der Waals surface area contributed by atoms with Gasteiger partial charge in [-0.2, -0.15) is 0 Å². The molecule has 0 spiro atoms. The first kappa shape index (κ1) is 14.6. The van der Waals surface area contributed by atoms with Crippen LogP contribution in [-0.2, 0) is 0 Å². The van der Waals surface area contributed by atoms with E-state index in [1.54, 1.807) is 12.3 Å². The van der Waals surface area contributed by atoms with Gasteiger partial charge < -0.3 is 9.80 Å². The van der Waals surface area contributed by atoms with Crippen LogP contribution in [0.5, 0.6) is 0 Å². The second kappa shape index (κ2) is 6.28. The van der Waals surface area contributed by atoms with E-state index < -0.39 is 0 Å². The fourth-order valence-electron chi connectivity index (χ4n) is 3.13. The first-order chi connectivity index (χ1) is 11.8. The SMILES string of the molecule is O=C(c1ccccn1)N1CCN(c2nccc3ccccc23)CC1. The minimum absolute atomic E-state index is 0.00105. The molecule has 4 rings (SSSR count). The average Bonchev–Trinajstić information content (AvgIpc) is 2.68. The van der Waals surface area contributed by atoms with Crippen LogP contribution in [-0.4, -0.2) is 47.0 Å². The molecule has 1 fully saturated rings. The van der Waals surface area contributed by atoms with Gasteiger partial charge in [0.1, 0.15) is 11.5 Å². The number of rotatable bonds is 2. The van der Waals surface area contributed by atoms with Gasteiger partial charge in [-0.1, -0.05) is 30.3 Å². The van der Waals surface area contributed by atoms with Crippen molar-refractivity contribution >= 4 is 22.5 Å².